The molecule has 0 amide bonds. The van der Waals surface area contributed by atoms with Crippen molar-refractivity contribution in [2.45, 2.75) is 26.7 Å². The Hall–Kier alpha value is -1.42. The minimum atomic E-state index is 0.667. The average molecular weight is 262 g/mol. The Bertz CT molecular complexity index is 548. The summed E-state index contributed by atoms with van der Waals surface area (Å²) in [5.74, 6) is 1.11. The van der Waals surface area contributed by atoms with E-state index < -0.39 is 0 Å². The van der Waals surface area contributed by atoms with Gasteiger partial charge in [0.2, 0.25) is 0 Å². The first-order valence-corrected chi connectivity index (χ1v) is 7.20. The zero-order valence-electron chi connectivity index (χ0n) is 10.7. The first-order chi connectivity index (χ1) is 8.76. The number of nitrogens with one attached hydrogen (secondary N) is 2. The lowest BCUT2D eigenvalue weighted by Crippen LogP contribution is -1.89. The second-order valence-corrected chi connectivity index (χ2v) is 5.25. The zero-order valence-corrected chi connectivity index (χ0v) is 11.6. The number of carbonyl (C=O) groups is 1. The van der Waals surface area contributed by atoms with Crippen molar-refractivity contribution in [2.24, 2.45) is 0 Å². The third-order valence-corrected chi connectivity index (χ3v) is 3.88. The number of aldehydes is 1. The molecule has 0 radical (unpaired) electrons. The van der Waals surface area contributed by atoms with Crippen LogP contribution in [0, 0.1) is 6.92 Å². The second-order valence-electron chi connectivity index (χ2n) is 4.35. The van der Waals surface area contributed by atoms with Crippen LogP contribution in [0.2, 0.25) is 0 Å². The fourth-order valence-electron chi connectivity index (χ4n) is 1.88. The van der Waals surface area contributed by atoms with Crippen LogP contribution >= 0.6 is 11.9 Å². The van der Waals surface area contributed by atoms with Gasteiger partial charge in [-0.05, 0) is 37.1 Å². The van der Waals surface area contributed by atoms with Gasteiger partial charge in [0.25, 0.3) is 0 Å². The molecule has 0 aliphatic heterocycles. The lowest BCUT2D eigenvalue weighted by molar-refractivity contribution is 0.111. The van der Waals surface area contributed by atoms with Gasteiger partial charge in [0, 0.05) is 22.3 Å². The number of anilines is 1. The number of H-pyrrole nitrogens is 1. The van der Waals surface area contributed by atoms with Gasteiger partial charge in [0.05, 0.1) is 5.69 Å². The van der Waals surface area contributed by atoms with Gasteiger partial charge in [-0.3, -0.25) is 4.79 Å². The summed E-state index contributed by atoms with van der Waals surface area (Å²) in [4.78, 5) is 14.0. The Kier molecular flexibility index (Phi) is 4.31. The van der Waals surface area contributed by atoms with Gasteiger partial charge in [-0.1, -0.05) is 25.3 Å². The summed E-state index contributed by atoms with van der Waals surface area (Å²) in [6.07, 6.45) is 3.31. The van der Waals surface area contributed by atoms with E-state index in [1.165, 1.54) is 12.8 Å². The number of aromatic amines is 1. The monoisotopic (exact) mass is 262 g/mol. The molecule has 0 aliphatic carbocycles. The van der Waals surface area contributed by atoms with Crippen LogP contribution in [0.4, 0.5) is 5.69 Å². The molecule has 1 aromatic carbocycles. The average Bonchev–Trinajstić information content (AvgIpc) is 2.71. The standard InChI is InChI=1S/C14H18N2OS/c1-3-4-7-18-16-11-5-6-13-12(8-11)10(2)14(9-17)15-13/h5-6,8-9,15-16H,3-4,7H2,1-2H3. The summed E-state index contributed by atoms with van der Waals surface area (Å²) in [5.41, 5.74) is 3.78. The van der Waals surface area contributed by atoms with Crippen molar-refractivity contribution in [1.29, 1.82) is 0 Å². The molecule has 0 fully saturated rings. The highest BCUT2D eigenvalue weighted by atomic mass is 32.2. The number of benzene rings is 1. The highest BCUT2D eigenvalue weighted by Crippen LogP contribution is 2.25. The third kappa shape index (κ3) is 2.70. The molecule has 18 heavy (non-hydrogen) atoms. The molecule has 0 saturated carbocycles. The lowest BCUT2D eigenvalue weighted by atomic mass is 10.1. The molecule has 3 nitrogen and oxygen atoms in total. The highest BCUT2D eigenvalue weighted by molar-refractivity contribution is 8.00. The molecule has 4 heteroatoms. The molecule has 2 aromatic rings. The van der Waals surface area contributed by atoms with E-state index in [2.05, 4.69) is 22.7 Å². The van der Waals surface area contributed by atoms with E-state index in [0.717, 1.165) is 34.2 Å². The number of hydrogen-bond donors (Lipinski definition) is 2. The van der Waals surface area contributed by atoms with Gasteiger partial charge in [-0.2, -0.15) is 0 Å². The number of hydrogen-bond acceptors (Lipinski definition) is 3. The predicted octanol–water partition coefficient (Wildman–Crippen LogP) is 4.15. The van der Waals surface area contributed by atoms with E-state index in [1.807, 2.05) is 19.1 Å². The van der Waals surface area contributed by atoms with Crippen molar-refractivity contribution in [3.63, 3.8) is 0 Å². The topological polar surface area (TPSA) is 44.9 Å². The molecular weight excluding hydrogens is 244 g/mol. The Morgan fingerprint density at radius 2 is 2.28 bits per heavy atom. The molecule has 2 rings (SSSR count). The van der Waals surface area contributed by atoms with E-state index in [0.29, 0.717) is 5.69 Å². The summed E-state index contributed by atoms with van der Waals surface area (Å²) in [7, 11) is 0. The van der Waals surface area contributed by atoms with Crippen molar-refractivity contribution >= 4 is 34.8 Å². The van der Waals surface area contributed by atoms with E-state index in [9.17, 15) is 4.79 Å². The first kappa shape index (κ1) is 13.0. The fourth-order valence-corrected chi connectivity index (χ4v) is 2.71. The minimum absolute atomic E-state index is 0.667. The van der Waals surface area contributed by atoms with Gasteiger partial charge >= 0.3 is 0 Å². The predicted molar refractivity (Wildman–Crippen MR) is 79.4 cm³/mol. The van der Waals surface area contributed by atoms with Crippen LogP contribution in [-0.4, -0.2) is 17.0 Å². The lowest BCUT2D eigenvalue weighted by Gasteiger charge is -2.05. The van der Waals surface area contributed by atoms with Crippen LogP contribution < -0.4 is 4.72 Å². The smallest absolute Gasteiger partial charge is 0.166 e. The molecule has 96 valence electrons. The van der Waals surface area contributed by atoms with E-state index in [-0.39, 0.29) is 0 Å². The summed E-state index contributed by atoms with van der Waals surface area (Å²) < 4.78 is 3.34. The summed E-state index contributed by atoms with van der Waals surface area (Å²) in [6.45, 7) is 4.16. The van der Waals surface area contributed by atoms with Crippen LogP contribution in [-0.2, 0) is 0 Å². The van der Waals surface area contributed by atoms with E-state index in [1.54, 1.807) is 11.9 Å². The Morgan fingerprint density at radius 3 is 3.00 bits per heavy atom. The highest BCUT2D eigenvalue weighted by Gasteiger charge is 2.07. The molecule has 1 heterocycles. The summed E-state index contributed by atoms with van der Waals surface area (Å²) in [6, 6.07) is 6.14. The second kappa shape index (κ2) is 5.96. The first-order valence-electron chi connectivity index (χ1n) is 6.21. The maximum atomic E-state index is 10.9. The third-order valence-electron chi connectivity index (χ3n) is 3.00. The van der Waals surface area contributed by atoms with Crippen molar-refractivity contribution < 1.29 is 4.79 Å². The van der Waals surface area contributed by atoms with Crippen LogP contribution in [0.5, 0.6) is 0 Å². The van der Waals surface area contributed by atoms with Crippen molar-refractivity contribution in [2.75, 3.05) is 10.5 Å². The minimum Gasteiger partial charge on any atom is -0.352 e. The molecule has 1 aromatic heterocycles. The normalized spacial score (nSPS) is 10.8. The SMILES string of the molecule is CCCCSNc1ccc2[nH]c(C=O)c(C)c2c1. The molecular formula is C14H18N2OS. The Labute approximate surface area is 111 Å². The number of unbranched alkanes of at least 4 members (excludes halogenated alkanes) is 1. The number of aromatic nitrogens is 1. The van der Waals surface area contributed by atoms with Crippen LogP contribution in [0.3, 0.4) is 0 Å². The van der Waals surface area contributed by atoms with Crippen molar-refractivity contribution in [1.82, 2.24) is 4.98 Å². The Balaban J connectivity index is 2.16. The maximum absolute atomic E-state index is 10.9. The van der Waals surface area contributed by atoms with Gasteiger partial charge in [-0.15, -0.1) is 0 Å². The maximum Gasteiger partial charge on any atom is 0.166 e. The van der Waals surface area contributed by atoms with Gasteiger partial charge in [0.15, 0.2) is 6.29 Å². The van der Waals surface area contributed by atoms with Gasteiger partial charge < -0.3 is 9.71 Å². The molecule has 0 bridgehead atoms. The molecule has 0 aliphatic rings. The number of rotatable bonds is 6. The van der Waals surface area contributed by atoms with Gasteiger partial charge in [-0.25, -0.2) is 0 Å². The zero-order chi connectivity index (χ0) is 13.0. The Morgan fingerprint density at radius 1 is 1.44 bits per heavy atom. The molecule has 0 saturated heterocycles. The molecule has 0 unspecified atom stereocenters. The molecule has 0 spiro atoms. The van der Waals surface area contributed by atoms with Crippen molar-refractivity contribution in [3.05, 3.63) is 29.5 Å². The summed E-state index contributed by atoms with van der Waals surface area (Å²) in [5, 5.41) is 1.11. The van der Waals surface area contributed by atoms with E-state index >= 15 is 0 Å². The summed E-state index contributed by atoms with van der Waals surface area (Å²) >= 11 is 1.73. The molecule has 0 atom stereocenters. The fraction of sp³-hybridized carbons (Fsp3) is 0.357. The number of aryl methyl sites for hydroxylation is 1. The van der Waals surface area contributed by atoms with Crippen LogP contribution in [0.15, 0.2) is 18.2 Å². The van der Waals surface area contributed by atoms with Gasteiger partial charge in [0.1, 0.15) is 0 Å². The van der Waals surface area contributed by atoms with Crippen LogP contribution in [0.1, 0.15) is 35.8 Å². The van der Waals surface area contributed by atoms with Crippen molar-refractivity contribution in [3.8, 4) is 0 Å². The molecule has 2 N–H and O–H groups in total. The van der Waals surface area contributed by atoms with E-state index in [4.69, 9.17) is 0 Å². The number of fused-ring (bicyclic) bond motifs is 1. The van der Waals surface area contributed by atoms with Crippen LogP contribution in [0.25, 0.3) is 10.9 Å². The largest absolute Gasteiger partial charge is 0.352 e. The quantitative estimate of drug-likeness (QED) is 0.467. The number of carbonyl (C=O) groups excluding carboxylic acids is 1.